The van der Waals surface area contributed by atoms with Crippen molar-refractivity contribution in [1.82, 2.24) is 15.1 Å². The summed E-state index contributed by atoms with van der Waals surface area (Å²) >= 11 is 7.82. The first-order valence-electron chi connectivity index (χ1n) is 6.91. The number of aromatic nitrogens is 2. The number of halogens is 1. The lowest BCUT2D eigenvalue weighted by atomic mass is 10.2. The summed E-state index contributed by atoms with van der Waals surface area (Å²) in [6.07, 6.45) is 3.19. The van der Waals surface area contributed by atoms with Crippen molar-refractivity contribution < 1.29 is 4.79 Å². The summed E-state index contributed by atoms with van der Waals surface area (Å²) in [5, 5.41) is 7.58. The zero-order valence-electron chi connectivity index (χ0n) is 12.5. The molecule has 2 rings (SSSR count). The molecule has 1 N–H and O–H groups in total. The molecule has 0 bridgehead atoms. The number of rotatable bonds is 6. The number of thioether (sulfide) groups is 1. The highest BCUT2D eigenvalue weighted by molar-refractivity contribution is 7.99. The second-order valence-corrected chi connectivity index (χ2v) is 6.23. The Hall–Kier alpha value is -1.72. The highest BCUT2D eigenvalue weighted by Crippen LogP contribution is 2.20. The number of nitrogens with zero attached hydrogens (tertiary/aromatic N) is 2. The van der Waals surface area contributed by atoms with E-state index in [2.05, 4.69) is 22.5 Å². The zero-order chi connectivity index (χ0) is 15.9. The van der Waals surface area contributed by atoms with Crippen LogP contribution in [0.1, 0.15) is 11.3 Å². The smallest absolute Gasteiger partial charge is 0.244 e. The number of benzene rings is 1. The van der Waals surface area contributed by atoms with Crippen LogP contribution in [0, 0.1) is 6.92 Å². The first-order chi connectivity index (χ1) is 10.6. The molecular weight excluding hydrogens is 318 g/mol. The van der Waals surface area contributed by atoms with Gasteiger partial charge in [0.25, 0.3) is 0 Å². The number of nitrogens with one attached hydrogen (secondary N) is 1. The Kier molecular flexibility index (Phi) is 6.10. The van der Waals surface area contributed by atoms with Crippen molar-refractivity contribution in [3.05, 3.63) is 52.8 Å². The van der Waals surface area contributed by atoms with Crippen LogP contribution in [0.4, 0.5) is 0 Å². The summed E-state index contributed by atoms with van der Waals surface area (Å²) in [4.78, 5) is 13.0. The highest BCUT2D eigenvalue weighted by atomic mass is 35.5. The maximum Gasteiger partial charge on any atom is 0.244 e. The van der Waals surface area contributed by atoms with Gasteiger partial charge in [-0.15, -0.1) is 11.8 Å². The third-order valence-corrected chi connectivity index (χ3v) is 4.47. The fourth-order valence-electron chi connectivity index (χ4n) is 1.91. The van der Waals surface area contributed by atoms with E-state index in [1.807, 2.05) is 25.1 Å². The maximum absolute atomic E-state index is 11.8. The number of carbonyl (C=O) groups excluding carboxylic acids is 1. The lowest BCUT2D eigenvalue weighted by Crippen LogP contribution is -2.23. The minimum atomic E-state index is -0.131. The molecule has 116 valence electrons. The molecule has 0 aliphatic heterocycles. The Morgan fingerprint density at radius 1 is 1.41 bits per heavy atom. The fourth-order valence-corrected chi connectivity index (χ4v) is 2.94. The molecule has 1 aromatic heterocycles. The Balaban J connectivity index is 1.77. The molecule has 1 heterocycles. The van der Waals surface area contributed by atoms with Crippen LogP contribution in [-0.4, -0.2) is 28.0 Å². The molecule has 0 saturated carbocycles. The Bertz CT molecular complexity index is 668. The third kappa shape index (κ3) is 4.64. The second kappa shape index (κ2) is 8.06. The normalized spacial score (nSPS) is 11.0. The van der Waals surface area contributed by atoms with Gasteiger partial charge in [-0.05, 0) is 25.1 Å². The van der Waals surface area contributed by atoms with Gasteiger partial charge in [0.15, 0.2) is 0 Å². The van der Waals surface area contributed by atoms with Gasteiger partial charge in [-0.1, -0.05) is 29.8 Å². The van der Waals surface area contributed by atoms with Gasteiger partial charge in [0.05, 0.1) is 5.69 Å². The number of amides is 1. The zero-order valence-corrected chi connectivity index (χ0v) is 14.1. The van der Waals surface area contributed by atoms with E-state index >= 15 is 0 Å². The van der Waals surface area contributed by atoms with Crippen LogP contribution in [0.25, 0.3) is 6.08 Å². The van der Waals surface area contributed by atoms with E-state index in [1.54, 1.807) is 29.6 Å². The van der Waals surface area contributed by atoms with Crippen molar-refractivity contribution in [1.29, 1.82) is 0 Å². The molecule has 1 amide bonds. The minimum absolute atomic E-state index is 0.131. The molecule has 22 heavy (non-hydrogen) atoms. The summed E-state index contributed by atoms with van der Waals surface area (Å²) in [7, 11) is 1.77. The molecule has 0 aliphatic rings. The molecule has 0 aliphatic carbocycles. The number of hydrogen-bond acceptors (Lipinski definition) is 3. The van der Waals surface area contributed by atoms with E-state index in [9.17, 15) is 4.79 Å². The van der Waals surface area contributed by atoms with Crippen molar-refractivity contribution in [3.8, 4) is 0 Å². The molecule has 4 nitrogen and oxygen atoms in total. The first-order valence-corrected chi connectivity index (χ1v) is 8.27. The molecule has 1 aromatic carbocycles. The molecular formula is C16H18ClN3OS. The molecule has 0 radical (unpaired) electrons. The lowest BCUT2D eigenvalue weighted by molar-refractivity contribution is -0.116. The van der Waals surface area contributed by atoms with Crippen molar-refractivity contribution in [2.75, 3.05) is 12.3 Å². The van der Waals surface area contributed by atoms with Crippen molar-refractivity contribution in [2.24, 2.45) is 7.05 Å². The summed E-state index contributed by atoms with van der Waals surface area (Å²) in [6.45, 7) is 2.47. The molecule has 0 fully saturated rings. The van der Waals surface area contributed by atoms with E-state index in [4.69, 9.17) is 11.6 Å². The van der Waals surface area contributed by atoms with Gasteiger partial charge in [-0.2, -0.15) is 5.10 Å². The molecule has 2 aromatic rings. The molecule has 0 unspecified atom stereocenters. The standard InChI is InChI=1S/C16H18ClN3OS/c1-12-14(16(17)20(2)19-12)8-9-15(21)18-10-11-22-13-6-4-3-5-7-13/h3-9H,10-11H2,1-2H3,(H,18,21)/b9-8+. The summed E-state index contributed by atoms with van der Waals surface area (Å²) in [5.74, 6) is 0.698. The predicted octanol–water partition coefficient (Wildman–Crippen LogP) is 3.30. The second-order valence-electron chi connectivity index (χ2n) is 4.70. The molecule has 0 spiro atoms. The number of carbonyl (C=O) groups is 1. The SMILES string of the molecule is Cc1nn(C)c(Cl)c1/C=C/C(=O)NCCSc1ccccc1. The third-order valence-electron chi connectivity index (χ3n) is 3.01. The van der Waals surface area contributed by atoms with Crippen molar-refractivity contribution in [3.63, 3.8) is 0 Å². The van der Waals surface area contributed by atoms with E-state index in [1.165, 1.54) is 11.0 Å². The van der Waals surface area contributed by atoms with Gasteiger partial charge in [-0.3, -0.25) is 9.48 Å². The minimum Gasteiger partial charge on any atom is -0.352 e. The summed E-state index contributed by atoms with van der Waals surface area (Å²) < 4.78 is 1.59. The average Bonchev–Trinajstić information content (AvgIpc) is 2.76. The topological polar surface area (TPSA) is 46.9 Å². The Labute approximate surface area is 139 Å². The van der Waals surface area contributed by atoms with Crippen LogP contribution in [0.2, 0.25) is 5.15 Å². The lowest BCUT2D eigenvalue weighted by Gasteiger charge is -2.02. The van der Waals surface area contributed by atoms with Gasteiger partial charge >= 0.3 is 0 Å². The van der Waals surface area contributed by atoms with E-state index in [0.717, 1.165) is 17.0 Å². The number of hydrogen-bond donors (Lipinski definition) is 1. The predicted molar refractivity (Wildman–Crippen MR) is 92.2 cm³/mol. The van der Waals surface area contributed by atoms with Crippen LogP contribution in [0.3, 0.4) is 0 Å². The molecule has 0 atom stereocenters. The monoisotopic (exact) mass is 335 g/mol. The van der Waals surface area contributed by atoms with Gasteiger partial charge < -0.3 is 5.32 Å². The van der Waals surface area contributed by atoms with Gasteiger partial charge in [0, 0.05) is 35.9 Å². The maximum atomic E-state index is 11.8. The summed E-state index contributed by atoms with van der Waals surface area (Å²) in [5.41, 5.74) is 1.58. The van der Waals surface area contributed by atoms with Gasteiger partial charge in [0.2, 0.25) is 5.91 Å². The van der Waals surface area contributed by atoms with E-state index in [-0.39, 0.29) is 5.91 Å². The number of aryl methyl sites for hydroxylation is 2. The Morgan fingerprint density at radius 2 is 2.14 bits per heavy atom. The van der Waals surface area contributed by atoms with Gasteiger partial charge in [0.1, 0.15) is 5.15 Å². The highest BCUT2D eigenvalue weighted by Gasteiger charge is 2.08. The van der Waals surface area contributed by atoms with Crippen molar-refractivity contribution in [2.45, 2.75) is 11.8 Å². The fraction of sp³-hybridized carbons (Fsp3) is 0.250. The van der Waals surface area contributed by atoms with E-state index in [0.29, 0.717) is 11.7 Å². The van der Waals surface area contributed by atoms with Crippen LogP contribution < -0.4 is 5.32 Å². The van der Waals surface area contributed by atoms with Crippen molar-refractivity contribution >= 4 is 35.3 Å². The summed E-state index contributed by atoms with van der Waals surface area (Å²) in [6, 6.07) is 10.1. The molecule has 6 heteroatoms. The largest absolute Gasteiger partial charge is 0.352 e. The average molecular weight is 336 g/mol. The van der Waals surface area contributed by atoms with Crippen LogP contribution in [0.5, 0.6) is 0 Å². The van der Waals surface area contributed by atoms with Crippen LogP contribution >= 0.6 is 23.4 Å². The van der Waals surface area contributed by atoms with Gasteiger partial charge in [-0.25, -0.2) is 0 Å². The van der Waals surface area contributed by atoms with Crippen LogP contribution in [0.15, 0.2) is 41.3 Å². The Morgan fingerprint density at radius 3 is 2.77 bits per heavy atom. The first kappa shape index (κ1) is 16.6. The van der Waals surface area contributed by atoms with Crippen LogP contribution in [-0.2, 0) is 11.8 Å². The molecule has 0 saturated heterocycles. The van der Waals surface area contributed by atoms with E-state index < -0.39 is 0 Å². The quantitative estimate of drug-likeness (QED) is 0.500.